The standard InChI is InChI=1S/C28H34Cl3N3O2/c1-28(27(36)32-2,20-7-10-24(30)25(31)17-20)21(16-19-5-8-22(29)9-6-19)18-33-14-11-23(12-15-33)34-13-3-4-26(34)35/h5-10,17,21,23H,3-4,11-16,18H2,1-2H3,(H,32,36). The van der Waals surface area contributed by atoms with E-state index in [-0.39, 0.29) is 11.8 Å². The van der Waals surface area contributed by atoms with Gasteiger partial charge < -0.3 is 15.1 Å². The third-order valence-electron chi connectivity index (χ3n) is 8.02. The van der Waals surface area contributed by atoms with Gasteiger partial charge in [0.05, 0.1) is 15.5 Å². The molecule has 2 heterocycles. The summed E-state index contributed by atoms with van der Waals surface area (Å²) >= 11 is 18.8. The van der Waals surface area contributed by atoms with Crippen LogP contribution >= 0.6 is 34.8 Å². The Bertz CT molecular complexity index is 1090. The molecule has 194 valence electrons. The molecule has 0 bridgehead atoms. The number of rotatable bonds is 8. The Morgan fingerprint density at radius 3 is 2.33 bits per heavy atom. The number of benzene rings is 2. The lowest BCUT2D eigenvalue weighted by molar-refractivity contribution is -0.131. The van der Waals surface area contributed by atoms with Crippen LogP contribution in [0.5, 0.6) is 0 Å². The summed E-state index contributed by atoms with van der Waals surface area (Å²) in [6, 6.07) is 13.7. The number of likely N-dealkylation sites (N-methyl/N-ethyl adjacent to an activating group) is 1. The van der Waals surface area contributed by atoms with Gasteiger partial charge in [-0.3, -0.25) is 9.59 Å². The van der Waals surface area contributed by atoms with Crippen molar-refractivity contribution in [1.82, 2.24) is 15.1 Å². The number of nitrogens with one attached hydrogen (secondary N) is 1. The number of halogens is 3. The average Bonchev–Trinajstić information content (AvgIpc) is 3.31. The van der Waals surface area contributed by atoms with Gasteiger partial charge in [-0.1, -0.05) is 53.0 Å². The molecule has 2 unspecified atom stereocenters. The molecule has 2 amide bonds. The zero-order chi connectivity index (χ0) is 25.9. The van der Waals surface area contributed by atoms with Gasteiger partial charge in [-0.2, -0.15) is 0 Å². The predicted octanol–water partition coefficient (Wildman–Crippen LogP) is 5.60. The molecule has 2 aliphatic rings. The summed E-state index contributed by atoms with van der Waals surface area (Å²) in [6.45, 7) is 5.43. The van der Waals surface area contributed by atoms with Gasteiger partial charge >= 0.3 is 0 Å². The van der Waals surface area contributed by atoms with Crippen LogP contribution in [0.4, 0.5) is 0 Å². The number of hydrogen-bond acceptors (Lipinski definition) is 3. The van der Waals surface area contributed by atoms with Gasteiger partial charge in [0, 0.05) is 50.7 Å². The maximum atomic E-state index is 13.5. The zero-order valence-electron chi connectivity index (χ0n) is 20.9. The molecule has 2 saturated heterocycles. The van der Waals surface area contributed by atoms with E-state index in [0.717, 1.165) is 56.6 Å². The number of amides is 2. The molecule has 0 aromatic heterocycles. The van der Waals surface area contributed by atoms with E-state index in [9.17, 15) is 9.59 Å². The van der Waals surface area contributed by atoms with Crippen LogP contribution in [0.3, 0.4) is 0 Å². The first-order chi connectivity index (χ1) is 17.2. The van der Waals surface area contributed by atoms with Crippen molar-refractivity contribution in [2.75, 3.05) is 33.2 Å². The van der Waals surface area contributed by atoms with Gasteiger partial charge in [-0.25, -0.2) is 0 Å². The smallest absolute Gasteiger partial charge is 0.230 e. The van der Waals surface area contributed by atoms with Crippen LogP contribution in [0.25, 0.3) is 0 Å². The van der Waals surface area contributed by atoms with Crippen molar-refractivity contribution in [3.63, 3.8) is 0 Å². The van der Waals surface area contributed by atoms with Crippen LogP contribution in [0.2, 0.25) is 15.1 Å². The molecule has 0 radical (unpaired) electrons. The lowest BCUT2D eigenvalue weighted by Gasteiger charge is -2.42. The van der Waals surface area contributed by atoms with Crippen molar-refractivity contribution in [3.05, 3.63) is 68.7 Å². The Labute approximate surface area is 229 Å². The highest BCUT2D eigenvalue weighted by Crippen LogP contribution is 2.39. The van der Waals surface area contributed by atoms with Crippen LogP contribution in [0, 0.1) is 5.92 Å². The summed E-state index contributed by atoms with van der Waals surface area (Å²) in [5.41, 5.74) is 1.12. The summed E-state index contributed by atoms with van der Waals surface area (Å²) < 4.78 is 0. The molecular formula is C28H34Cl3N3O2. The second-order valence-electron chi connectivity index (χ2n) is 10.2. The van der Waals surface area contributed by atoms with E-state index in [4.69, 9.17) is 34.8 Å². The summed E-state index contributed by atoms with van der Waals surface area (Å²) in [4.78, 5) is 30.3. The Morgan fingerprint density at radius 1 is 1.06 bits per heavy atom. The fourth-order valence-electron chi connectivity index (χ4n) is 5.77. The van der Waals surface area contributed by atoms with Crippen LogP contribution in [-0.2, 0) is 21.4 Å². The molecule has 8 heteroatoms. The molecule has 2 aliphatic heterocycles. The van der Waals surface area contributed by atoms with E-state index in [0.29, 0.717) is 39.9 Å². The summed E-state index contributed by atoms with van der Waals surface area (Å²) in [7, 11) is 1.68. The highest BCUT2D eigenvalue weighted by Gasteiger charge is 2.44. The zero-order valence-corrected chi connectivity index (χ0v) is 23.2. The Hall–Kier alpha value is -1.79. The monoisotopic (exact) mass is 549 g/mol. The summed E-state index contributed by atoms with van der Waals surface area (Å²) in [5.74, 6) is 0.194. The quantitative estimate of drug-likeness (QED) is 0.466. The van der Waals surface area contributed by atoms with Gasteiger partial charge in [0.2, 0.25) is 11.8 Å². The Morgan fingerprint density at radius 2 is 1.75 bits per heavy atom. The van der Waals surface area contributed by atoms with Crippen molar-refractivity contribution < 1.29 is 9.59 Å². The third kappa shape index (κ3) is 5.85. The molecule has 4 rings (SSSR count). The molecule has 2 atom stereocenters. The highest BCUT2D eigenvalue weighted by molar-refractivity contribution is 6.42. The van der Waals surface area contributed by atoms with E-state index >= 15 is 0 Å². The number of piperidine rings is 1. The summed E-state index contributed by atoms with van der Waals surface area (Å²) in [6.07, 6.45) is 4.27. The summed E-state index contributed by atoms with van der Waals surface area (Å²) in [5, 5.41) is 4.49. The first-order valence-electron chi connectivity index (χ1n) is 12.7. The topological polar surface area (TPSA) is 52.7 Å². The molecule has 2 aromatic rings. The minimum Gasteiger partial charge on any atom is -0.358 e. The van der Waals surface area contributed by atoms with Gasteiger partial charge in [-0.05, 0) is 73.9 Å². The number of nitrogens with zero attached hydrogens (tertiary/aromatic N) is 2. The molecule has 0 spiro atoms. The van der Waals surface area contributed by atoms with Crippen LogP contribution < -0.4 is 5.32 Å². The predicted molar refractivity (Wildman–Crippen MR) is 147 cm³/mol. The Kier molecular flexibility index (Phi) is 8.87. The van der Waals surface area contributed by atoms with E-state index < -0.39 is 5.41 Å². The minimum atomic E-state index is -0.843. The third-order valence-corrected chi connectivity index (χ3v) is 9.01. The molecule has 0 aliphatic carbocycles. The van der Waals surface area contributed by atoms with Crippen molar-refractivity contribution in [2.24, 2.45) is 5.92 Å². The number of hydrogen-bond donors (Lipinski definition) is 1. The van der Waals surface area contributed by atoms with Gasteiger partial charge in [-0.15, -0.1) is 0 Å². The minimum absolute atomic E-state index is 0.0409. The Balaban J connectivity index is 1.61. The van der Waals surface area contributed by atoms with Crippen molar-refractivity contribution in [2.45, 2.75) is 50.5 Å². The maximum Gasteiger partial charge on any atom is 0.230 e. The van der Waals surface area contributed by atoms with Gasteiger partial charge in [0.25, 0.3) is 0 Å². The first kappa shape index (κ1) is 27.3. The van der Waals surface area contributed by atoms with E-state index in [1.54, 1.807) is 13.1 Å². The number of carbonyl (C=O) groups is 2. The van der Waals surface area contributed by atoms with Crippen molar-refractivity contribution >= 4 is 46.6 Å². The maximum absolute atomic E-state index is 13.5. The van der Waals surface area contributed by atoms with Crippen LogP contribution in [-0.4, -0.2) is 60.9 Å². The molecule has 2 aromatic carbocycles. The van der Waals surface area contributed by atoms with Crippen LogP contribution in [0.1, 0.15) is 43.7 Å². The first-order valence-corrected chi connectivity index (χ1v) is 13.8. The van der Waals surface area contributed by atoms with Crippen LogP contribution in [0.15, 0.2) is 42.5 Å². The highest BCUT2D eigenvalue weighted by atomic mass is 35.5. The molecule has 36 heavy (non-hydrogen) atoms. The fourth-order valence-corrected chi connectivity index (χ4v) is 6.19. The molecule has 2 fully saturated rings. The second kappa shape index (κ2) is 11.7. The van der Waals surface area contributed by atoms with Gasteiger partial charge in [0.1, 0.15) is 0 Å². The van der Waals surface area contributed by atoms with Crippen molar-refractivity contribution in [3.8, 4) is 0 Å². The van der Waals surface area contributed by atoms with E-state index in [2.05, 4.69) is 15.1 Å². The molecule has 5 nitrogen and oxygen atoms in total. The lowest BCUT2D eigenvalue weighted by Crippen LogP contribution is -2.53. The van der Waals surface area contributed by atoms with E-state index in [1.807, 2.05) is 43.3 Å². The van der Waals surface area contributed by atoms with Crippen molar-refractivity contribution in [1.29, 1.82) is 0 Å². The molecule has 1 N–H and O–H groups in total. The number of likely N-dealkylation sites (tertiary alicyclic amines) is 2. The lowest BCUT2D eigenvalue weighted by atomic mass is 9.68. The SMILES string of the molecule is CNC(=O)C(C)(c1ccc(Cl)c(Cl)c1)C(Cc1ccc(Cl)cc1)CN1CCC(N2CCCC2=O)CC1. The molecular weight excluding hydrogens is 517 g/mol. The average molecular weight is 551 g/mol. The normalized spacial score (nSPS) is 19.8. The molecule has 0 saturated carbocycles. The largest absolute Gasteiger partial charge is 0.358 e. The fraction of sp³-hybridized carbons (Fsp3) is 0.500. The number of carbonyl (C=O) groups excluding carboxylic acids is 2. The van der Waals surface area contributed by atoms with Gasteiger partial charge in [0.15, 0.2) is 0 Å². The second-order valence-corrected chi connectivity index (χ2v) is 11.4. The van der Waals surface area contributed by atoms with E-state index in [1.165, 1.54) is 0 Å².